The van der Waals surface area contributed by atoms with Crippen LogP contribution in [0.4, 0.5) is 11.4 Å². The number of hydrogen-bond donors (Lipinski definition) is 4. The standard InChI is InChI=1S/C39H41ClN4O5S3/c1-39(2,27-50-33-10-5-4-6-11-33)43-36-22-21-34(25-37(36)51(3,46)47)52(48,49)44-38(45)29-15-19-32(20-16-29)42-24-23-41-26-30-9-7-8-12-35(30)28-13-17-31(40)18-14-28/h4-22,25,41-43H,23-24,26-27H2,1-3H3,(H,44,45). The Balaban J connectivity index is 1.15. The Bertz CT molecular complexity index is 2220. The molecule has 4 N–H and O–H groups in total. The molecule has 0 heterocycles. The summed E-state index contributed by atoms with van der Waals surface area (Å²) in [5.41, 5.74) is 4.00. The van der Waals surface area contributed by atoms with Gasteiger partial charge in [-0.1, -0.05) is 66.2 Å². The molecule has 0 radical (unpaired) electrons. The highest BCUT2D eigenvalue weighted by Crippen LogP contribution is 2.31. The average Bonchev–Trinajstić information content (AvgIpc) is 3.11. The van der Waals surface area contributed by atoms with Crippen LogP contribution in [0.2, 0.25) is 5.02 Å². The first-order valence-electron chi connectivity index (χ1n) is 16.5. The van der Waals surface area contributed by atoms with Crippen molar-refractivity contribution in [3.8, 4) is 11.1 Å². The first-order chi connectivity index (χ1) is 24.7. The number of rotatable bonds is 16. The lowest BCUT2D eigenvalue weighted by Gasteiger charge is -2.28. The van der Waals surface area contributed by atoms with Crippen LogP contribution in [0, 0.1) is 0 Å². The van der Waals surface area contributed by atoms with Crippen molar-refractivity contribution < 1.29 is 21.6 Å². The molecule has 0 atom stereocenters. The molecule has 0 fully saturated rings. The zero-order valence-corrected chi connectivity index (χ0v) is 32.2. The Morgan fingerprint density at radius 1 is 0.788 bits per heavy atom. The number of carbonyl (C=O) groups excluding carboxylic acids is 1. The van der Waals surface area contributed by atoms with Gasteiger partial charge in [0.2, 0.25) is 0 Å². The lowest BCUT2D eigenvalue weighted by molar-refractivity contribution is 0.0981. The first-order valence-corrected chi connectivity index (χ1v) is 21.2. The maximum atomic E-state index is 13.3. The molecule has 1 amide bonds. The maximum absolute atomic E-state index is 13.3. The van der Waals surface area contributed by atoms with Crippen molar-refractivity contribution in [3.05, 3.63) is 137 Å². The molecular weight excluding hydrogens is 736 g/mol. The predicted octanol–water partition coefficient (Wildman–Crippen LogP) is 7.71. The molecule has 0 aliphatic rings. The minimum atomic E-state index is -4.40. The highest BCUT2D eigenvalue weighted by atomic mass is 35.5. The highest BCUT2D eigenvalue weighted by Gasteiger charge is 2.26. The minimum absolute atomic E-state index is 0.130. The second-order valence-electron chi connectivity index (χ2n) is 12.8. The monoisotopic (exact) mass is 776 g/mol. The zero-order valence-electron chi connectivity index (χ0n) is 29.0. The molecule has 0 saturated heterocycles. The molecule has 0 bridgehead atoms. The predicted molar refractivity (Wildman–Crippen MR) is 213 cm³/mol. The van der Waals surface area contributed by atoms with Crippen LogP contribution < -0.4 is 20.7 Å². The van der Waals surface area contributed by atoms with Gasteiger partial charge < -0.3 is 16.0 Å². The van der Waals surface area contributed by atoms with Gasteiger partial charge in [0.05, 0.1) is 15.5 Å². The van der Waals surface area contributed by atoms with Crippen LogP contribution in [0.1, 0.15) is 29.8 Å². The highest BCUT2D eigenvalue weighted by molar-refractivity contribution is 7.99. The summed E-state index contributed by atoms with van der Waals surface area (Å²) >= 11 is 7.67. The summed E-state index contributed by atoms with van der Waals surface area (Å²) in [5, 5.41) is 10.7. The Hall–Kier alpha value is -4.33. The smallest absolute Gasteiger partial charge is 0.264 e. The van der Waals surface area contributed by atoms with Gasteiger partial charge in [0, 0.05) is 58.4 Å². The number of thioether (sulfide) groups is 1. The van der Waals surface area contributed by atoms with E-state index in [2.05, 4.69) is 32.8 Å². The Kier molecular flexibility index (Phi) is 12.7. The molecule has 0 aliphatic heterocycles. The normalized spacial score (nSPS) is 11.9. The quantitative estimate of drug-likeness (QED) is 0.0588. The van der Waals surface area contributed by atoms with E-state index in [0.717, 1.165) is 39.6 Å². The van der Waals surface area contributed by atoms with Gasteiger partial charge >= 0.3 is 0 Å². The van der Waals surface area contributed by atoms with E-state index in [0.29, 0.717) is 30.4 Å². The number of sulfonamides is 1. The molecule has 0 aromatic heterocycles. The lowest BCUT2D eigenvalue weighted by atomic mass is 10.00. The van der Waals surface area contributed by atoms with Gasteiger partial charge in [-0.2, -0.15) is 0 Å². The van der Waals surface area contributed by atoms with Gasteiger partial charge in [-0.05, 0) is 97.3 Å². The van der Waals surface area contributed by atoms with Crippen molar-refractivity contribution in [2.24, 2.45) is 0 Å². The van der Waals surface area contributed by atoms with Crippen LogP contribution in [-0.2, 0) is 26.4 Å². The van der Waals surface area contributed by atoms with Crippen LogP contribution in [-0.4, -0.2) is 53.4 Å². The minimum Gasteiger partial charge on any atom is -0.384 e. The third kappa shape index (κ3) is 10.8. The molecule has 5 aromatic carbocycles. The van der Waals surface area contributed by atoms with Crippen molar-refractivity contribution in [1.29, 1.82) is 0 Å². The molecule has 0 aliphatic carbocycles. The van der Waals surface area contributed by atoms with Crippen LogP contribution in [0.5, 0.6) is 0 Å². The number of amides is 1. The van der Waals surface area contributed by atoms with E-state index in [4.69, 9.17) is 11.6 Å². The number of halogens is 1. The Labute approximate surface area is 315 Å². The molecule has 5 rings (SSSR count). The van der Waals surface area contributed by atoms with Crippen molar-refractivity contribution in [3.63, 3.8) is 0 Å². The van der Waals surface area contributed by atoms with Gasteiger partial charge in [-0.3, -0.25) is 4.79 Å². The van der Waals surface area contributed by atoms with Gasteiger partial charge in [0.1, 0.15) is 0 Å². The van der Waals surface area contributed by atoms with Gasteiger partial charge in [0.15, 0.2) is 9.84 Å². The number of sulfone groups is 1. The fraction of sp³-hybridized carbons (Fsp3) is 0.205. The van der Waals surface area contributed by atoms with Crippen LogP contribution >= 0.6 is 23.4 Å². The summed E-state index contributed by atoms with van der Waals surface area (Å²) in [6.07, 6.45) is 1.02. The topological polar surface area (TPSA) is 133 Å². The van der Waals surface area contributed by atoms with Crippen molar-refractivity contribution in [2.45, 2.75) is 40.6 Å². The van der Waals surface area contributed by atoms with E-state index in [1.165, 1.54) is 24.3 Å². The summed E-state index contributed by atoms with van der Waals surface area (Å²) in [6.45, 7) is 5.82. The number of benzene rings is 5. The largest absolute Gasteiger partial charge is 0.384 e. The molecule has 0 spiro atoms. The van der Waals surface area contributed by atoms with Gasteiger partial charge in [-0.25, -0.2) is 21.6 Å². The summed E-state index contributed by atoms with van der Waals surface area (Å²) in [7, 11) is -8.24. The molecular formula is C39H41ClN4O5S3. The number of hydrogen-bond acceptors (Lipinski definition) is 9. The fourth-order valence-electron chi connectivity index (χ4n) is 5.34. The van der Waals surface area contributed by atoms with Crippen LogP contribution in [0.25, 0.3) is 11.1 Å². The Morgan fingerprint density at radius 2 is 1.46 bits per heavy atom. The van der Waals surface area contributed by atoms with E-state index >= 15 is 0 Å². The van der Waals surface area contributed by atoms with Crippen molar-refractivity contribution in [1.82, 2.24) is 10.0 Å². The molecule has 52 heavy (non-hydrogen) atoms. The maximum Gasteiger partial charge on any atom is 0.264 e. The lowest BCUT2D eigenvalue weighted by Crippen LogP contribution is -2.34. The van der Waals surface area contributed by atoms with E-state index in [-0.39, 0.29) is 21.0 Å². The fourth-order valence-corrected chi connectivity index (χ4v) is 8.35. The number of carbonyl (C=O) groups is 1. The van der Waals surface area contributed by atoms with Crippen molar-refractivity contribution >= 4 is 60.5 Å². The van der Waals surface area contributed by atoms with Gasteiger partial charge in [0.25, 0.3) is 15.9 Å². The summed E-state index contributed by atoms with van der Waals surface area (Å²) in [6, 6.07) is 35.9. The molecule has 0 unspecified atom stereocenters. The van der Waals surface area contributed by atoms with Gasteiger partial charge in [-0.15, -0.1) is 11.8 Å². The van der Waals surface area contributed by atoms with Crippen LogP contribution in [0.3, 0.4) is 0 Å². The summed E-state index contributed by atoms with van der Waals surface area (Å²) < 4.78 is 54.2. The Morgan fingerprint density at radius 3 is 2.15 bits per heavy atom. The van der Waals surface area contributed by atoms with E-state index in [1.807, 2.05) is 80.6 Å². The number of nitrogens with one attached hydrogen (secondary N) is 4. The average molecular weight is 777 g/mol. The van der Waals surface area contributed by atoms with Crippen molar-refractivity contribution in [2.75, 3.05) is 35.7 Å². The molecule has 0 saturated carbocycles. The SMILES string of the molecule is CC(C)(CSc1ccccc1)Nc1ccc(S(=O)(=O)NC(=O)c2ccc(NCCNCc3ccccc3-c3ccc(Cl)cc3)cc2)cc1S(C)(=O)=O. The molecule has 5 aromatic rings. The second-order valence-corrected chi connectivity index (χ2v) is 18.0. The van der Waals surface area contributed by atoms with Crippen LogP contribution in [0.15, 0.2) is 136 Å². The zero-order chi connectivity index (χ0) is 37.4. The molecule has 272 valence electrons. The third-order valence-corrected chi connectivity index (χ3v) is 12.2. The van der Waals surface area contributed by atoms with E-state index in [9.17, 15) is 21.6 Å². The van der Waals surface area contributed by atoms with E-state index in [1.54, 1.807) is 23.9 Å². The molecule has 13 heteroatoms. The third-order valence-electron chi connectivity index (χ3n) is 7.97. The number of anilines is 2. The van der Waals surface area contributed by atoms with E-state index < -0.39 is 31.3 Å². The second kappa shape index (κ2) is 17.0. The molecule has 9 nitrogen and oxygen atoms in total. The summed E-state index contributed by atoms with van der Waals surface area (Å²) in [4.78, 5) is 13.5. The first kappa shape index (κ1) is 38.9. The summed E-state index contributed by atoms with van der Waals surface area (Å²) in [5.74, 6) is -0.225.